The highest BCUT2D eigenvalue weighted by atomic mass is 19.4. The van der Waals surface area contributed by atoms with Gasteiger partial charge in [0.25, 0.3) is 0 Å². The molecule has 1 aromatic carbocycles. The van der Waals surface area contributed by atoms with Crippen molar-refractivity contribution in [2.75, 3.05) is 7.11 Å². The number of aromatic nitrogens is 2. The highest BCUT2D eigenvalue weighted by Gasteiger charge is 2.35. The van der Waals surface area contributed by atoms with Gasteiger partial charge < -0.3 is 10.5 Å². The highest BCUT2D eigenvalue weighted by molar-refractivity contribution is 5.80. The number of halogens is 3. The Kier molecular flexibility index (Phi) is 4.11. The number of nitrogens with zero attached hydrogens (tertiary/aromatic N) is 2. The average Bonchev–Trinajstić information content (AvgIpc) is 2.59. The standard InChI is InChI=1S/C17H14F3N3O/c1-24-12-5-4-10-7-11(9-23-14(10)8-12)15(21)16-13(17(18,19)20)3-2-6-22-16/h2-9,15H,21H2,1H3. The van der Waals surface area contributed by atoms with Gasteiger partial charge in [-0.3, -0.25) is 9.97 Å². The van der Waals surface area contributed by atoms with Crippen molar-refractivity contribution in [3.05, 3.63) is 65.6 Å². The van der Waals surface area contributed by atoms with Crippen molar-refractivity contribution in [2.45, 2.75) is 12.2 Å². The molecule has 3 aromatic rings. The first kappa shape index (κ1) is 16.2. The number of ether oxygens (including phenoxy) is 1. The van der Waals surface area contributed by atoms with Crippen LogP contribution in [-0.4, -0.2) is 17.1 Å². The molecule has 124 valence electrons. The second-order valence-corrected chi connectivity index (χ2v) is 5.24. The van der Waals surface area contributed by atoms with E-state index in [0.29, 0.717) is 16.8 Å². The van der Waals surface area contributed by atoms with Crippen LogP contribution in [0.2, 0.25) is 0 Å². The summed E-state index contributed by atoms with van der Waals surface area (Å²) in [6, 6.07) is 8.17. The Labute approximate surface area is 136 Å². The summed E-state index contributed by atoms with van der Waals surface area (Å²) in [5.41, 5.74) is 6.10. The zero-order valence-corrected chi connectivity index (χ0v) is 12.7. The lowest BCUT2D eigenvalue weighted by Crippen LogP contribution is -2.20. The van der Waals surface area contributed by atoms with Gasteiger partial charge in [-0.2, -0.15) is 13.2 Å². The van der Waals surface area contributed by atoms with Crippen LogP contribution in [-0.2, 0) is 6.18 Å². The van der Waals surface area contributed by atoms with Gasteiger partial charge in [0.2, 0.25) is 0 Å². The molecule has 0 radical (unpaired) electrons. The third-order valence-corrected chi connectivity index (χ3v) is 3.71. The van der Waals surface area contributed by atoms with Crippen LogP contribution in [0.25, 0.3) is 10.9 Å². The molecule has 0 aliphatic carbocycles. The summed E-state index contributed by atoms with van der Waals surface area (Å²) in [5.74, 6) is 0.649. The van der Waals surface area contributed by atoms with Gasteiger partial charge in [0.05, 0.1) is 29.9 Å². The molecule has 4 nitrogen and oxygen atoms in total. The van der Waals surface area contributed by atoms with Gasteiger partial charge in [0.1, 0.15) is 5.75 Å². The number of benzene rings is 1. The predicted molar refractivity (Wildman–Crippen MR) is 83.6 cm³/mol. The van der Waals surface area contributed by atoms with Gasteiger partial charge >= 0.3 is 6.18 Å². The predicted octanol–water partition coefficient (Wildman–Crippen LogP) is 3.71. The molecule has 0 bridgehead atoms. The van der Waals surface area contributed by atoms with Gasteiger partial charge in [-0.05, 0) is 35.9 Å². The SMILES string of the molecule is COc1ccc2cc(C(N)c3ncccc3C(F)(F)F)cnc2c1. The highest BCUT2D eigenvalue weighted by Crippen LogP contribution is 2.34. The van der Waals surface area contributed by atoms with Crippen molar-refractivity contribution in [1.29, 1.82) is 0 Å². The molecule has 2 aromatic heterocycles. The molecule has 2 heterocycles. The van der Waals surface area contributed by atoms with E-state index >= 15 is 0 Å². The molecule has 3 rings (SSSR count). The summed E-state index contributed by atoms with van der Waals surface area (Å²) in [6.45, 7) is 0. The van der Waals surface area contributed by atoms with Crippen LogP contribution in [0, 0.1) is 0 Å². The van der Waals surface area contributed by atoms with E-state index in [1.165, 1.54) is 18.5 Å². The van der Waals surface area contributed by atoms with Gasteiger partial charge in [-0.15, -0.1) is 0 Å². The fourth-order valence-electron chi connectivity index (χ4n) is 2.48. The van der Waals surface area contributed by atoms with Gasteiger partial charge in [-0.1, -0.05) is 0 Å². The number of rotatable bonds is 3. The maximum atomic E-state index is 13.1. The van der Waals surface area contributed by atoms with Crippen LogP contribution in [0.5, 0.6) is 5.75 Å². The number of nitrogens with two attached hydrogens (primary N) is 1. The third kappa shape index (κ3) is 3.03. The molecule has 2 N–H and O–H groups in total. The smallest absolute Gasteiger partial charge is 0.418 e. The maximum absolute atomic E-state index is 13.1. The molecule has 0 spiro atoms. The fourth-order valence-corrected chi connectivity index (χ4v) is 2.48. The van der Waals surface area contributed by atoms with Crippen LogP contribution in [0.3, 0.4) is 0 Å². The van der Waals surface area contributed by atoms with Crippen LogP contribution in [0.1, 0.15) is 22.9 Å². The second-order valence-electron chi connectivity index (χ2n) is 5.24. The Hall–Kier alpha value is -2.67. The summed E-state index contributed by atoms with van der Waals surface area (Å²) >= 11 is 0. The quantitative estimate of drug-likeness (QED) is 0.794. The largest absolute Gasteiger partial charge is 0.497 e. The number of hydrogen-bond donors (Lipinski definition) is 1. The molecule has 0 aliphatic heterocycles. The van der Waals surface area contributed by atoms with E-state index in [9.17, 15) is 13.2 Å². The van der Waals surface area contributed by atoms with Crippen LogP contribution >= 0.6 is 0 Å². The Balaban J connectivity index is 2.05. The number of alkyl halides is 3. The molecule has 0 saturated carbocycles. The Morgan fingerprint density at radius 1 is 1.12 bits per heavy atom. The molecule has 0 fully saturated rings. The van der Waals surface area contributed by atoms with E-state index in [0.717, 1.165) is 11.5 Å². The summed E-state index contributed by atoms with van der Waals surface area (Å²) in [6.07, 6.45) is -1.76. The lowest BCUT2D eigenvalue weighted by molar-refractivity contribution is -0.138. The van der Waals surface area contributed by atoms with Crippen LogP contribution in [0.15, 0.2) is 48.8 Å². The third-order valence-electron chi connectivity index (χ3n) is 3.71. The topological polar surface area (TPSA) is 61.0 Å². The Bertz CT molecular complexity index is 880. The van der Waals surface area contributed by atoms with Crippen LogP contribution in [0.4, 0.5) is 13.2 Å². The minimum atomic E-state index is -4.52. The summed E-state index contributed by atoms with van der Waals surface area (Å²) in [4.78, 5) is 8.10. The zero-order valence-electron chi connectivity index (χ0n) is 12.7. The van der Waals surface area contributed by atoms with Gasteiger partial charge in [-0.25, -0.2) is 0 Å². The zero-order chi connectivity index (χ0) is 17.3. The number of fused-ring (bicyclic) bond motifs is 1. The summed E-state index contributed by atoms with van der Waals surface area (Å²) in [7, 11) is 1.55. The normalized spacial score (nSPS) is 13.0. The monoisotopic (exact) mass is 333 g/mol. The number of methoxy groups -OCH3 is 1. The van der Waals surface area contributed by atoms with Crippen molar-refractivity contribution in [2.24, 2.45) is 5.73 Å². The summed E-state index contributed by atoms with van der Waals surface area (Å²) < 4.78 is 44.5. The summed E-state index contributed by atoms with van der Waals surface area (Å²) in [5, 5.41) is 0.758. The van der Waals surface area contributed by atoms with Crippen molar-refractivity contribution < 1.29 is 17.9 Å². The average molecular weight is 333 g/mol. The molecule has 0 aliphatic rings. The van der Waals surface area contributed by atoms with Gasteiger partial charge in [0, 0.05) is 23.8 Å². The van der Waals surface area contributed by atoms with Crippen molar-refractivity contribution >= 4 is 10.9 Å². The first-order valence-corrected chi connectivity index (χ1v) is 7.11. The molecule has 24 heavy (non-hydrogen) atoms. The Morgan fingerprint density at radius 2 is 1.92 bits per heavy atom. The fraction of sp³-hybridized carbons (Fsp3) is 0.176. The van der Waals surface area contributed by atoms with Crippen LogP contribution < -0.4 is 10.5 Å². The molecule has 7 heteroatoms. The molecule has 0 amide bonds. The Morgan fingerprint density at radius 3 is 2.62 bits per heavy atom. The minimum Gasteiger partial charge on any atom is -0.497 e. The van der Waals surface area contributed by atoms with Crippen molar-refractivity contribution in [3.8, 4) is 5.75 Å². The second kappa shape index (κ2) is 6.09. The van der Waals surface area contributed by atoms with Crippen molar-refractivity contribution in [1.82, 2.24) is 9.97 Å². The molecular weight excluding hydrogens is 319 g/mol. The molecule has 1 atom stereocenters. The minimum absolute atomic E-state index is 0.223. The first-order chi connectivity index (χ1) is 11.4. The first-order valence-electron chi connectivity index (χ1n) is 7.11. The van der Waals surface area contributed by atoms with E-state index in [-0.39, 0.29) is 5.69 Å². The van der Waals surface area contributed by atoms with E-state index in [1.807, 2.05) is 0 Å². The number of pyridine rings is 2. The van der Waals surface area contributed by atoms with E-state index in [1.54, 1.807) is 31.4 Å². The van der Waals surface area contributed by atoms with E-state index in [2.05, 4.69) is 9.97 Å². The molecule has 1 unspecified atom stereocenters. The lowest BCUT2D eigenvalue weighted by atomic mass is 10.00. The van der Waals surface area contributed by atoms with E-state index in [4.69, 9.17) is 10.5 Å². The van der Waals surface area contributed by atoms with Crippen molar-refractivity contribution in [3.63, 3.8) is 0 Å². The lowest BCUT2D eigenvalue weighted by Gasteiger charge is -2.17. The maximum Gasteiger partial charge on any atom is 0.418 e. The number of hydrogen-bond acceptors (Lipinski definition) is 4. The molecule has 0 saturated heterocycles. The molecular formula is C17H14F3N3O. The van der Waals surface area contributed by atoms with E-state index < -0.39 is 17.8 Å². The van der Waals surface area contributed by atoms with Gasteiger partial charge in [0.15, 0.2) is 0 Å².